The molecule has 1 aliphatic rings. The average Bonchev–Trinajstić information content (AvgIpc) is 2.09. The lowest BCUT2D eigenvalue weighted by Crippen LogP contribution is -2.61. The third kappa shape index (κ3) is 4.15. The van der Waals surface area contributed by atoms with Crippen molar-refractivity contribution in [1.29, 1.82) is 0 Å². The molecule has 1 rings (SSSR count). The molecule has 1 amide bonds. The summed E-state index contributed by atoms with van der Waals surface area (Å²) in [5.41, 5.74) is 5.62. The molecule has 1 heterocycles. The van der Waals surface area contributed by atoms with Gasteiger partial charge in [0.25, 0.3) is 0 Å². The van der Waals surface area contributed by atoms with E-state index in [-0.39, 0.29) is 5.91 Å². The number of rotatable bonds is 3. The van der Waals surface area contributed by atoms with Gasteiger partial charge in [-0.2, -0.15) is 0 Å². The third-order valence-corrected chi connectivity index (χ3v) is 2.73. The number of likely N-dealkylation sites (tertiary alicyclic amines) is 1. The maximum absolute atomic E-state index is 11.6. The zero-order valence-corrected chi connectivity index (χ0v) is 9.92. The lowest BCUT2D eigenvalue weighted by atomic mass is 9.98. The quantitative estimate of drug-likeness (QED) is 0.594. The number of nitrogens with zero attached hydrogens (tertiary/aromatic N) is 2. The van der Waals surface area contributed by atoms with Gasteiger partial charge < -0.3 is 20.9 Å². The molecule has 0 radical (unpaired) electrons. The summed E-state index contributed by atoms with van der Waals surface area (Å²) in [5.74, 6) is 0.00653. The molecule has 0 unspecified atom stereocenters. The van der Waals surface area contributed by atoms with Crippen molar-refractivity contribution in [3.05, 3.63) is 0 Å². The molecule has 3 N–H and O–H groups in total. The van der Waals surface area contributed by atoms with Gasteiger partial charge in [-0.1, -0.05) is 0 Å². The number of amides is 1. The van der Waals surface area contributed by atoms with Gasteiger partial charge in [0.05, 0.1) is 12.2 Å². The predicted octanol–water partition coefficient (Wildman–Crippen LogP) is -0.955. The van der Waals surface area contributed by atoms with Gasteiger partial charge in [0.1, 0.15) is 0 Å². The van der Waals surface area contributed by atoms with Gasteiger partial charge in [-0.25, -0.2) is 0 Å². The number of hydrogen-bond donors (Lipinski definition) is 2. The molecule has 0 aliphatic carbocycles. The highest BCUT2D eigenvalue weighted by Crippen LogP contribution is 2.15. The molecule has 5 heteroatoms. The van der Waals surface area contributed by atoms with Crippen LogP contribution in [0.4, 0.5) is 0 Å². The summed E-state index contributed by atoms with van der Waals surface area (Å²) in [4.78, 5) is 15.6. The van der Waals surface area contributed by atoms with E-state index in [2.05, 4.69) is 17.3 Å². The van der Waals surface area contributed by atoms with Crippen molar-refractivity contribution in [2.24, 2.45) is 5.73 Å². The van der Waals surface area contributed by atoms with Crippen LogP contribution in [-0.2, 0) is 4.79 Å². The summed E-state index contributed by atoms with van der Waals surface area (Å²) < 4.78 is 0. The van der Waals surface area contributed by atoms with Crippen molar-refractivity contribution >= 4 is 5.91 Å². The van der Waals surface area contributed by atoms with Crippen LogP contribution in [0, 0.1) is 0 Å². The first-order valence-corrected chi connectivity index (χ1v) is 5.34. The Balaban J connectivity index is 2.39. The molecule has 0 spiro atoms. The minimum absolute atomic E-state index is 0.00653. The maximum Gasteiger partial charge on any atom is 0.235 e. The fourth-order valence-corrected chi connectivity index (χ4v) is 1.75. The normalized spacial score (nSPS) is 21.7. The van der Waals surface area contributed by atoms with Crippen LogP contribution in [-0.4, -0.2) is 62.1 Å². The van der Waals surface area contributed by atoms with Gasteiger partial charge in [-0.3, -0.25) is 4.79 Å². The molecule has 0 atom stereocenters. The number of piperidine rings is 1. The molecular weight excluding hydrogens is 192 g/mol. The second-order valence-electron chi connectivity index (χ2n) is 4.75. The van der Waals surface area contributed by atoms with Crippen molar-refractivity contribution in [1.82, 2.24) is 15.1 Å². The Morgan fingerprint density at radius 3 is 2.47 bits per heavy atom. The van der Waals surface area contributed by atoms with Crippen LogP contribution in [0.2, 0.25) is 0 Å². The molecule has 88 valence electrons. The molecule has 0 aromatic heterocycles. The van der Waals surface area contributed by atoms with Crippen molar-refractivity contribution in [3.8, 4) is 0 Å². The second-order valence-corrected chi connectivity index (χ2v) is 4.75. The van der Waals surface area contributed by atoms with Gasteiger partial charge in [0, 0.05) is 13.1 Å². The van der Waals surface area contributed by atoms with E-state index in [0.29, 0.717) is 6.54 Å². The van der Waals surface area contributed by atoms with E-state index in [1.807, 2.05) is 19.0 Å². The Labute approximate surface area is 91.6 Å². The molecule has 0 aromatic carbocycles. The molecule has 1 fully saturated rings. The maximum atomic E-state index is 11.6. The highest BCUT2D eigenvalue weighted by molar-refractivity contribution is 5.78. The third-order valence-electron chi connectivity index (χ3n) is 2.73. The predicted molar refractivity (Wildman–Crippen MR) is 60.3 cm³/mol. The number of nitrogens with one attached hydrogen (secondary N) is 1. The Morgan fingerprint density at radius 2 is 2.00 bits per heavy atom. The molecule has 0 saturated carbocycles. The minimum atomic E-state index is -0.500. The van der Waals surface area contributed by atoms with Crippen LogP contribution in [0.25, 0.3) is 0 Å². The van der Waals surface area contributed by atoms with Gasteiger partial charge in [-0.05, 0) is 34.0 Å². The van der Waals surface area contributed by atoms with E-state index in [1.165, 1.54) is 0 Å². The standard InChI is InChI=1S/C10H22N4O/c1-13(2)8-9(15)12-10(11)4-6-14(3)7-5-10/h4-8,11H2,1-3H3,(H,12,15). The molecule has 15 heavy (non-hydrogen) atoms. The fraction of sp³-hybridized carbons (Fsp3) is 0.900. The van der Waals surface area contributed by atoms with Crippen LogP contribution >= 0.6 is 0 Å². The summed E-state index contributed by atoms with van der Waals surface area (Å²) in [7, 11) is 5.82. The Hall–Kier alpha value is -0.650. The summed E-state index contributed by atoms with van der Waals surface area (Å²) in [5, 5.41) is 2.92. The SMILES string of the molecule is CN(C)CC(=O)NC1(N)CCN(C)CC1. The number of hydrogen-bond acceptors (Lipinski definition) is 4. The Kier molecular flexibility index (Phi) is 4.07. The summed E-state index contributed by atoms with van der Waals surface area (Å²) in [6.45, 7) is 2.28. The number of carbonyl (C=O) groups is 1. The lowest BCUT2D eigenvalue weighted by molar-refractivity contribution is -0.124. The van der Waals surface area contributed by atoms with Crippen molar-refractivity contribution in [3.63, 3.8) is 0 Å². The summed E-state index contributed by atoms with van der Waals surface area (Å²) in [6.07, 6.45) is 1.64. The molecule has 1 saturated heterocycles. The Morgan fingerprint density at radius 1 is 1.47 bits per heavy atom. The van der Waals surface area contributed by atoms with E-state index >= 15 is 0 Å². The van der Waals surface area contributed by atoms with Gasteiger partial charge >= 0.3 is 0 Å². The molecule has 0 bridgehead atoms. The topological polar surface area (TPSA) is 61.6 Å². The fourth-order valence-electron chi connectivity index (χ4n) is 1.75. The average molecular weight is 214 g/mol. The van der Waals surface area contributed by atoms with Crippen LogP contribution in [0.1, 0.15) is 12.8 Å². The van der Waals surface area contributed by atoms with Gasteiger partial charge in [-0.15, -0.1) is 0 Å². The highest BCUT2D eigenvalue weighted by atomic mass is 16.2. The monoisotopic (exact) mass is 214 g/mol. The smallest absolute Gasteiger partial charge is 0.235 e. The van der Waals surface area contributed by atoms with Gasteiger partial charge in [0.2, 0.25) is 5.91 Å². The number of likely N-dealkylation sites (N-methyl/N-ethyl adjacent to an activating group) is 1. The molecule has 5 nitrogen and oxygen atoms in total. The largest absolute Gasteiger partial charge is 0.337 e. The first kappa shape index (κ1) is 12.4. The number of carbonyl (C=O) groups excluding carboxylic acids is 1. The van der Waals surface area contributed by atoms with Crippen molar-refractivity contribution < 1.29 is 4.79 Å². The van der Waals surface area contributed by atoms with Crippen LogP contribution in [0.5, 0.6) is 0 Å². The first-order chi connectivity index (χ1) is 6.91. The van der Waals surface area contributed by atoms with Crippen LogP contribution in [0.15, 0.2) is 0 Å². The number of nitrogens with two attached hydrogens (primary N) is 1. The van der Waals surface area contributed by atoms with Crippen LogP contribution in [0.3, 0.4) is 0 Å². The highest BCUT2D eigenvalue weighted by Gasteiger charge is 2.30. The van der Waals surface area contributed by atoms with E-state index < -0.39 is 5.66 Å². The van der Waals surface area contributed by atoms with Crippen LogP contribution < -0.4 is 11.1 Å². The van der Waals surface area contributed by atoms with Crippen molar-refractivity contribution in [2.75, 3.05) is 40.8 Å². The van der Waals surface area contributed by atoms with E-state index in [0.717, 1.165) is 25.9 Å². The molecular formula is C10H22N4O. The van der Waals surface area contributed by atoms with Crippen molar-refractivity contribution in [2.45, 2.75) is 18.5 Å². The minimum Gasteiger partial charge on any atom is -0.337 e. The van der Waals surface area contributed by atoms with E-state index in [1.54, 1.807) is 0 Å². The first-order valence-electron chi connectivity index (χ1n) is 5.34. The van der Waals surface area contributed by atoms with Gasteiger partial charge in [0.15, 0.2) is 0 Å². The lowest BCUT2D eigenvalue weighted by Gasteiger charge is -2.38. The van der Waals surface area contributed by atoms with E-state index in [4.69, 9.17) is 5.73 Å². The molecule has 1 aliphatic heterocycles. The summed E-state index contributed by atoms with van der Waals surface area (Å²) >= 11 is 0. The van der Waals surface area contributed by atoms with E-state index in [9.17, 15) is 4.79 Å². The zero-order valence-electron chi connectivity index (χ0n) is 9.92. The Bertz CT molecular complexity index is 221. The summed E-state index contributed by atoms with van der Waals surface area (Å²) in [6, 6.07) is 0. The zero-order chi connectivity index (χ0) is 11.5. The second kappa shape index (κ2) is 4.92. The molecule has 0 aromatic rings.